The maximum atomic E-state index is 11.0. The summed E-state index contributed by atoms with van der Waals surface area (Å²) in [6.07, 6.45) is 0.211. The largest absolute Gasteiger partial charge is 0.508 e. The molecular formula is C10H14O7S. The number of benzene rings is 1. The van der Waals surface area contributed by atoms with Crippen molar-refractivity contribution in [1.82, 2.24) is 0 Å². The predicted molar refractivity (Wildman–Crippen MR) is 62.6 cm³/mol. The van der Waals surface area contributed by atoms with Gasteiger partial charge in [0.15, 0.2) is 0 Å². The molecule has 0 atom stereocenters. The van der Waals surface area contributed by atoms with Crippen LogP contribution in [0.2, 0.25) is 0 Å². The first-order valence-corrected chi connectivity index (χ1v) is 6.25. The van der Waals surface area contributed by atoms with E-state index in [0.717, 1.165) is 5.56 Å². The zero-order valence-electron chi connectivity index (χ0n) is 9.61. The van der Waals surface area contributed by atoms with Crippen molar-refractivity contribution in [2.45, 2.75) is 13.3 Å². The second-order valence-corrected chi connectivity index (χ2v) is 4.00. The molecule has 1 rings (SSSR count). The summed E-state index contributed by atoms with van der Waals surface area (Å²) in [5, 5.41) is 9.10. The number of ether oxygens (including phenoxy) is 1. The highest BCUT2D eigenvalue weighted by Crippen LogP contribution is 2.11. The van der Waals surface area contributed by atoms with Crippen LogP contribution < -0.4 is 0 Å². The van der Waals surface area contributed by atoms with Gasteiger partial charge in [0.25, 0.3) is 0 Å². The van der Waals surface area contributed by atoms with Crippen molar-refractivity contribution in [2.24, 2.45) is 0 Å². The minimum atomic E-state index is -4.67. The van der Waals surface area contributed by atoms with Crippen LogP contribution >= 0.6 is 0 Å². The van der Waals surface area contributed by atoms with Crippen molar-refractivity contribution in [1.29, 1.82) is 0 Å². The maximum Gasteiger partial charge on any atom is 0.394 e. The molecule has 0 aliphatic heterocycles. The highest BCUT2D eigenvalue weighted by molar-refractivity contribution is 7.79. The average Bonchev–Trinajstić information content (AvgIpc) is 2.14. The molecule has 7 nitrogen and oxygen atoms in total. The molecule has 0 fully saturated rings. The Morgan fingerprint density at radius 3 is 2.33 bits per heavy atom. The molecule has 0 aliphatic rings. The lowest BCUT2D eigenvalue weighted by atomic mass is 10.1. The standard InChI is InChI=1S/C10H12O3.H2O4S/c1-2-13-10(12)7-8-4-3-5-9(11)6-8;1-5(2,3)4/h3-6,11H,2,7H2,1H3;(H2,1,2,3,4). The lowest BCUT2D eigenvalue weighted by Crippen LogP contribution is -2.07. The van der Waals surface area contributed by atoms with Gasteiger partial charge in [-0.25, -0.2) is 0 Å². The maximum absolute atomic E-state index is 11.0. The van der Waals surface area contributed by atoms with E-state index in [2.05, 4.69) is 0 Å². The van der Waals surface area contributed by atoms with Gasteiger partial charge < -0.3 is 9.84 Å². The van der Waals surface area contributed by atoms with Gasteiger partial charge in [0.2, 0.25) is 0 Å². The first kappa shape index (κ1) is 16.4. The topological polar surface area (TPSA) is 121 Å². The van der Waals surface area contributed by atoms with Gasteiger partial charge in [0.1, 0.15) is 5.75 Å². The number of carbonyl (C=O) groups is 1. The molecule has 0 bridgehead atoms. The molecule has 0 saturated heterocycles. The van der Waals surface area contributed by atoms with Gasteiger partial charge in [-0.15, -0.1) is 0 Å². The number of esters is 1. The fourth-order valence-corrected chi connectivity index (χ4v) is 1.05. The zero-order valence-corrected chi connectivity index (χ0v) is 10.4. The first-order chi connectivity index (χ1) is 8.22. The lowest BCUT2D eigenvalue weighted by molar-refractivity contribution is -0.142. The van der Waals surface area contributed by atoms with Gasteiger partial charge in [0.05, 0.1) is 13.0 Å². The van der Waals surface area contributed by atoms with E-state index in [0.29, 0.717) is 6.61 Å². The molecule has 3 N–H and O–H groups in total. The van der Waals surface area contributed by atoms with Crippen LogP contribution in [0.15, 0.2) is 24.3 Å². The van der Waals surface area contributed by atoms with E-state index in [1.165, 1.54) is 0 Å². The minimum absolute atomic E-state index is 0.168. The summed E-state index contributed by atoms with van der Waals surface area (Å²) in [5.74, 6) is -0.102. The normalized spacial score (nSPS) is 10.2. The molecule has 0 aliphatic carbocycles. The van der Waals surface area contributed by atoms with Crippen LogP contribution in [0, 0.1) is 0 Å². The minimum Gasteiger partial charge on any atom is -0.508 e. The Morgan fingerprint density at radius 2 is 1.89 bits per heavy atom. The van der Waals surface area contributed by atoms with Crippen LogP contribution in [0.1, 0.15) is 12.5 Å². The van der Waals surface area contributed by atoms with Crippen LogP contribution in [0.25, 0.3) is 0 Å². The van der Waals surface area contributed by atoms with Crippen molar-refractivity contribution < 1.29 is 32.2 Å². The summed E-state index contributed by atoms with van der Waals surface area (Å²) in [5.41, 5.74) is 0.762. The molecule has 8 heteroatoms. The average molecular weight is 278 g/mol. The molecule has 0 spiro atoms. The van der Waals surface area contributed by atoms with Crippen LogP contribution in [-0.4, -0.2) is 35.2 Å². The van der Waals surface area contributed by atoms with Crippen LogP contribution in [0.5, 0.6) is 5.75 Å². The Kier molecular flexibility index (Phi) is 6.94. The van der Waals surface area contributed by atoms with Gasteiger partial charge in [-0.1, -0.05) is 12.1 Å². The number of rotatable bonds is 3. The van der Waals surface area contributed by atoms with Crippen molar-refractivity contribution in [3.05, 3.63) is 29.8 Å². The van der Waals surface area contributed by atoms with Gasteiger partial charge in [-0.05, 0) is 24.6 Å². The molecular weight excluding hydrogens is 264 g/mol. The highest BCUT2D eigenvalue weighted by Gasteiger charge is 2.03. The quantitative estimate of drug-likeness (QED) is 0.553. The van der Waals surface area contributed by atoms with E-state index < -0.39 is 10.4 Å². The molecule has 0 saturated carbocycles. The number of hydrogen-bond acceptors (Lipinski definition) is 5. The summed E-state index contributed by atoms with van der Waals surface area (Å²) >= 11 is 0. The van der Waals surface area contributed by atoms with E-state index in [4.69, 9.17) is 27.4 Å². The van der Waals surface area contributed by atoms with E-state index >= 15 is 0 Å². The third-order valence-electron chi connectivity index (χ3n) is 1.56. The molecule has 0 radical (unpaired) electrons. The molecule has 1 aromatic rings. The molecule has 0 aromatic heterocycles. The number of carbonyl (C=O) groups excluding carboxylic acids is 1. The summed E-state index contributed by atoms with van der Waals surface area (Å²) < 4.78 is 36.3. The SMILES string of the molecule is CCOC(=O)Cc1cccc(O)c1.O=S(=O)(O)O. The predicted octanol–water partition coefficient (Wildman–Crippen LogP) is 0.845. The lowest BCUT2D eigenvalue weighted by Gasteiger charge is -2.01. The van der Waals surface area contributed by atoms with Crippen molar-refractivity contribution >= 4 is 16.4 Å². The van der Waals surface area contributed by atoms with E-state index in [1.807, 2.05) is 0 Å². The molecule has 0 heterocycles. The first-order valence-electron chi connectivity index (χ1n) is 4.85. The van der Waals surface area contributed by atoms with Crippen molar-refractivity contribution in [3.63, 3.8) is 0 Å². The number of phenols is 1. The fourth-order valence-electron chi connectivity index (χ4n) is 1.05. The van der Waals surface area contributed by atoms with Crippen molar-refractivity contribution in [3.8, 4) is 5.75 Å². The van der Waals surface area contributed by atoms with E-state index in [-0.39, 0.29) is 18.1 Å². The Morgan fingerprint density at radius 1 is 1.33 bits per heavy atom. The van der Waals surface area contributed by atoms with Crippen LogP contribution in [0.3, 0.4) is 0 Å². The summed E-state index contributed by atoms with van der Waals surface area (Å²) in [4.78, 5) is 11.0. The number of aromatic hydroxyl groups is 1. The smallest absolute Gasteiger partial charge is 0.394 e. The van der Waals surface area contributed by atoms with Crippen LogP contribution in [-0.2, 0) is 26.4 Å². The summed E-state index contributed by atoms with van der Waals surface area (Å²) in [6, 6.07) is 6.59. The molecule has 18 heavy (non-hydrogen) atoms. The highest BCUT2D eigenvalue weighted by atomic mass is 32.3. The zero-order chi connectivity index (χ0) is 14.2. The number of phenolic OH excluding ortho intramolecular Hbond substituents is 1. The van der Waals surface area contributed by atoms with Gasteiger partial charge in [-0.3, -0.25) is 13.9 Å². The third kappa shape index (κ3) is 10.9. The van der Waals surface area contributed by atoms with Gasteiger partial charge in [-0.2, -0.15) is 8.42 Å². The second kappa shape index (κ2) is 7.64. The third-order valence-corrected chi connectivity index (χ3v) is 1.56. The van der Waals surface area contributed by atoms with E-state index in [9.17, 15) is 4.79 Å². The Labute approximate surface area is 105 Å². The van der Waals surface area contributed by atoms with Crippen molar-refractivity contribution in [2.75, 3.05) is 6.61 Å². The van der Waals surface area contributed by atoms with Gasteiger partial charge >= 0.3 is 16.4 Å². The molecule has 0 unspecified atom stereocenters. The summed E-state index contributed by atoms with van der Waals surface area (Å²) in [7, 11) is -4.67. The molecule has 102 valence electrons. The molecule has 1 aromatic carbocycles. The monoisotopic (exact) mass is 278 g/mol. The van der Waals surface area contributed by atoms with E-state index in [1.54, 1.807) is 31.2 Å². The van der Waals surface area contributed by atoms with Crippen LogP contribution in [0.4, 0.5) is 0 Å². The summed E-state index contributed by atoms with van der Waals surface area (Å²) in [6.45, 7) is 2.15. The number of hydrogen-bond donors (Lipinski definition) is 3. The molecule has 0 amide bonds. The fraction of sp³-hybridized carbons (Fsp3) is 0.300. The second-order valence-electron chi connectivity index (χ2n) is 3.10. The Hall–Kier alpha value is -1.64. The Balaban J connectivity index is 0.000000494. The Bertz CT molecular complexity index is 473. The van der Waals surface area contributed by atoms with Gasteiger partial charge in [0, 0.05) is 0 Å².